The number of amides is 1. The van der Waals surface area contributed by atoms with Crippen LogP contribution in [-0.4, -0.2) is 83.9 Å². The van der Waals surface area contributed by atoms with Crippen molar-refractivity contribution in [3.05, 3.63) is 58.1 Å². The number of fused-ring (bicyclic) bond motifs is 1. The lowest BCUT2D eigenvalue weighted by atomic mass is 10.2. The van der Waals surface area contributed by atoms with E-state index in [0.29, 0.717) is 19.5 Å². The first-order valence-electron chi connectivity index (χ1n) is 12.9. The summed E-state index contributed by atoms with van der Waals surface area (Å²) in [5.41, 5.74) is -0.430. The lowest BCUT2D eigenvalue weighted by Crippen LogP contribution is -2.49. The van der Waals surface area contributed by atoms with E-state index in [9.17, 15) is 22.8 Å². The first kappa shape index (κ1) is 27.6. The van der Waals surface area contributed by atoms with Gasteiger partial charge in [-0.15, -0.1) is 0 Å². The van der Waals surface area contributed by atoms with Crippen molar-refractivity contribution in [2.24, 2.45) is 0 Å². The van der Waals surface area contributed by atoms with E-state index in [4.69, 9.17) is 14.2 Å². The van der Waals surface area contributed by atoms with Gasteiger partial charge in [-0.25, -0.2) is 22.6 Å². The minimum atomic E-state index is -3.71. The van der Waals surface area contributed by atoms with Crippen LogP contribution in [-0.2, 0) is 37.4 Å². The molecular weight excluding hydrogens is 542 g/mol. The minimum Gasteiger partial charge on any atom is -0.481 e. The van der Waals surface area contributed by atoms with Gasteiger partial charge in [-0.1, -0.05) is 30.3 Å². The molecule has 214 valence electrons. The zero-order valence-electron chi connectivity index (χ0n) is 22.5. The third-order valence-corrected chi connectivity index (χ3v) is 8.66. The molecule has 1 aromatic carbocycles. The maximum atomic E-state index is 13.9. The van der Waals surface area contributed by atoms with Crippen LogP contribution in [0.1, 0.15) is 36.3 Å². The predicted octanol–water partition coefficient (Wildman–Crippen LogP) is 1.04. The molecule has 2 aliphatic heterocycles. The fourth-order valence-corrected chi connectivity index (χ4v) is 6.60. The SMILES string of the molecule is COC(=O)c1nc2n(CC(=O)N3C[C@H](C)O[C@@H](C)C3)cc(N3CCCS3(=O)=O)n2c(=O)c1OCc1ccccc1. The van der Waals surface area contributed by atoms with E-state index in [0.717, 1.165) is 21.4 Å². The normalized spacial score (nSPS) is 20.6. The largest absolute Gasteiger partial charge is 0.481 e. The van der Waals surface area contributed by atoms with Crippen LogP contribution in [0, 0.1) is 0 Å². The van der Waals surface area contributed by atoms with E-state index in [1.807, 2.05) is 19.9 Å². The number of aromatic nitrogens is 3. The first-order valence-corrected chi connectivity index (χ1v) is 14.5. The molecule has 40 heavy (non-hydrogen) atoms. The zero-order valence-corrected chi connectivity index (χ0v) is 23.3. The molecule has 5 rings (SSSR count). The van der Waals surface area contributed by atoms with Gasteiger partial charge in [0.2, 0.25) is 27.5 Å². The van der Waals surface area contributed by atoms with Crippen molar-refractivity contribution in [2.45, 2.75) is 45.6 Å². The van der Waals surface area contributed by atoms with E-state index >= 15 is 0 Å². The number of benzene rings is 1. The van der Waals surface area contributed by atoms with Crippen molar-refractivity contribution in [1.82, 2.24) is 18.9 Å². The van der Waals surface area contributed by atoms with Gasteiger partial charge < -0.3 is 23.7 Å². The van der Waals surface area contributed by atoms with Crippen LogP contribution in [0.25, 0.3) is 5.78 Å². The standard InChI is InChI=1S/C26H31N5O8S/c1-17-12-28(13-18(2)39-17)21(32)15-29-14-20(30-10-7-11-40(30,35)36)31-24(33)23(22(25(34)37-3)27-26(29)31)38-16-19-8-5-4-6-9-19/h4-6,8-9,14,17-18H,7,10-13,15-16H2,1-3H3/t17-,18-/m0/s1. The highest BCUT2D eigenvalue weighted by atomic mass is 32.2. The quantitative estimate of drug-likeness (QED) is 0.379. The Morgan fingerprint density at radius 3 is 2.45 bits per heavy atom. The summed E-state index contributed by atoms with van der Waals surface area (Å²) in [5.74, 6) is -1.71. The number of hydrogen-bond donors (Lipinski definition) is 0. The molecule has 0 saturated carbocycles. The molecule has 0 unspecified atom stereocenters. The van der Waals surface area contributed by atoms with E-state index in [2.05, 4.69) is 4.98 Å². The van der Waals surface area contributed by atoms with Crippen LogP contribution < -0.4 is 14.6 Å². The van der Waals surface area contributed by atoms with E-state index in [1.165, 1.54) is 10.8 Å². The monoisotopic (exact) mass is 573 g/mol. The van der Waals surface area contributed by atoms with E-state index < -0.39 is 21.6 Å². The number of carbonyl (C=O) groups is 2. The molecule has 14 heteroatoms. The van der Waals surface area contributed by atoms with Crippen LogP contribution in [0.15, 0.2) is 41.3 Å². The van der Waals surface area contributed by atoms with Crippen LogP contribution in [0.3, 0.4) is 0 Å². The van der Waals surface area contributed by atoms with Gasteiger partial charge >= 0.3 is 11.5 Å². The summed E-state index contributed by atoms with van der Waals surface area (Å²) < 4.78 is 45.7. The maximum absolute atomic E-state index is 13.9. The van der Waals surface area contributed by atoms with Gasteiger partial charge in [0.1, 0.15) is 19.0 Å². The smallest absolute Gasteiger partial charge is 0.360 e. The topological polar surface area (TPSA) is 142 Å². The molecule has 0 aliphatic carbocycles. The summed E-state index contributed by atoms with van der Waals surface area (Å²) in [4.78, 5) is 46.0. The fraction of sp³-hybridized carbons (Fsp3) is 0.462. The number of rotatable bonds is 7. The van der Waals surface area contributed by atoms with Crippen molar-refractivity contribution < 1.29 is 32.2 Å². The van der Waals surface area contributed by atoms with Crippen LogP contribution >= 0.6 is 0 Å². The summed E-state index contributed by atoms with van der Waals surface area (Å²) in [6.07, 6.45) is 1.46. The van der Waals surface area contributed by atoms with Crippen molar-refractivity contribution in [3.8, 4) is 5.75 Å². The average molecular weight is 574 g/mol. The number of carbonyl (C=O) groups excluding carboxylic acids is 2. The molecule has 0 bridgehead atoms. The van der Waals surface area contributed by atoms with Crippen molar-refractivity contribution in [3.63, 3.8) is 0 Å². The summed E-state index contributed by atoms with van der Waals surface area (Å²) in [6.45, 7) is 4.38. The Balaban J connectivity index is 1.63. The highest BCUT2D eigenvalue weighted by molar-refractivity contribution is 7.93. The Hall–Kier alpha value is -3.91. The van der Waals surface area contributed by atoms with Gasteiger partial charge in [0.15, 0.2) is 5.69 Å². The molecule has 1 amide bonds. The van der Waals surface area contributed by atoms with Crippen molar-refractivity contribution in [2.75, 3.05) is 36.8 Å². The Morgan fingerprint density at radius 2 is 1.82 bits per heavy atom. The molecule has 2 fully saturated rings. The summed E-state index contributed by atoms with van der Waals surface area (Å²) in [5, 5.41) is 0. The number of hydrogen-bond acceptors (Lipinski definition) is 9. The van der Waals surface area contributed by atoms with Gasteiger partial charge in [0, 0.05) is 19.6 Å². The molecule has 2 aromatic heterocycles. The molecule has 2 saturated heterocycles. The maximum Gasteiger partial charge on any atom is 0.360 e. The summed E-state index contributed by atoms with van der Waals surface area (Å²) in [6, 6.07) is 9.02. The molecule has 2 atom stereocenters. The average Bonchev–Trinajstić information content (AvgIpc) is 3.46. The number of imidazole rings is 1. The minimum absolute atomic E-state index is 0.0162. The van der Waals surface area contributed by atoms with Gasteiger partial charge in [0.25, 0.3) is 0 Å². The number of esters is 1. The summed E-state index contributed by atoms with van der Waals surface area (Å²) >= 11 is 0. The molecule has 3 aromatic rings. The van der Waals surface area contributed by atoms with Crippen LogP contribution in [0.4, 0.5) is 5.82 Å². The highest BCUT2D eigenvalue weighted by Crippen LogP contribution is 2.27. The number of anilines is 1. The molecular formula is C26H31N5O8S. The Bertz CT molecular complexity index is 1590. The van der Waals surface area contributed by atoms with Crippen molar-refractivity contribution in [1.29, 1.82) is 0 Å². The van der Waals surface area contributed by atoms with Gasteiger partial charge in [-0.2, -0.15) is 0 Å². The highest BCUT2D eigenvalue weighted by Gasteiger charge is 2.35. The van der Waals surface area contributed by atoms with Gasteiger partial charge in [-0.05, 0) is 25.8 Å². The second-order valence-electron chi connectivity index (χ2n) is 9.91. The summed E-state index contributed by atoms with van der Waals surface area (Å²) in [7, 11) is -2.56. The Morgan fingerprint density at radius 1 is 1.12 bits per heavy atom. The number of sulfonamides is 1. The predicted molar refractivity (Wildman–Crippen MR) is 144 cm³/mol. The first-order chi connectivity index (χ1) is 19.1. The van der Waals surface area contributed by atoms with Gasteiger partial charge in [0.05, 0.1) is 31.3 Å². The second kappa shape index (κ2) is 10.9. The van der Waals surface area contributed by atoms with Crippen LogP contribution in [0.5, 0.6) is 5.75 Å². The number of ether oxygens (including phenoxy) is 3. The molecule has 4 heterocycles. The Kier molecular flexibility index (Phi) is 7.55. The van der Waals surface area contributed by atoms with E-state index in [1.54, 1.807) is 29.2 Å². The number of nitrogens with zero attached hydrogens (tertiary/aromatic N) is 5. The molecule has 13 nitrogen and oxygen atoms in total. The third-order valence-electron chi connectivity index (χ3n) is 6.82. The zero-order chi connectivity index (χ0) is 28.6. The fourth-order valence-electron chi connectivity index (χ4n) is 5.06. The van der Waals surface area contributed by atoms with Gasteiger partial charge in [-0.3, -0.25) is 13.9 Å². The third kappa shape index (κ3) is 5.28. The molecule has 0 N–H and O–H groups in total. The Labute approximate surface area is 230 Å². The van der Waals surface area contributed by atoms with Crippen molar-refractivity contribution >= 4 is 33.5 Å². The van der Waals surface area contributed by atoms with Crippen LogP contribution in [0.2, 0.25) is 0 Å². The van der Waals surface area contributed by atoms with E-state index in [-0.39, 0.29) is 66.6 Å². The molecule has 0 spiro atoms. The second-order valence-corrected chi connectivity index (χ2v) is 11.9. The lowest BCUT2D eigenvalue weighted by Gasteiger charge is -2.35. The lowest BCUT2D eigenvalue weighted by molar-refractivity contribution is -0.143. The molecule has 2 aliphatic rings. The number of morpholine rings is 1. The molecule has 0 radical (unpaired) electrons. The number of methoxy groups -OCH3 is 1.